The first-order chi connectivity index (χ1) is 5.81. The molecule has 0 aliphatic heterocycles. The molecule has 0 radical (unpaired) electrons. The van der Waals surface area contributed by atoms with Gasteiger partial charge in [-0.3, -0.25) is 5.10 Å². The smallest absolute Gasteiger partial charge is 0.213 e. The zero-order valence-electron chi connectivity index (χ0n) is 6.34. The number of aromatic nitrogens is 3. The van der Waals surface area contributed by atoms with Crippen LogP contribution in [-0.2, 0) is 0 Å². The van der Waals surface area contributed by atoms with E-state index < -0.39 is 0 Å². The maximum atomic E-state index is 4.97. The number of hydrogen-bond acceptors (Lipinski definition) is 3. The number of fused-ring (bicyclic) bond motifs is 1. The molecule has 4 nitrogen and oxygen atoms in total. The van der Waals surface area contributed by atoms with Gasteiger partial charge in [-0.1, -0.05) is 0 Å². The van der Waals surface area contributed by atoms with Crippen molar-refractivity contribution in [3.8, 4) is 5.88 Å². The lowest BCUT2D eigenvalue weighted by Gasteiger charge is -1.95. The van der Waals surface area contributed by atoms with Gasteiger partial charge in [-0.05, 0) is 22.0 Å². The summed E-state index contributed by atoms with van der Waals surface area (Å²) in [5.41, 5.74) is 1.61. The van der Waals surface area contributed by atoms with E-state index in [-0.39, 0.29) is 0 Å². The van der Waals surface area contributed by atoms with Gasteiger partial charge in [-0.15, -0.1) is 0 Å². The largest absolute Gasteiger partial charge is 0.481 e. The zero-order valence-corrected chi connectivity index (χ0v) is 7.92. The van der Waals surface area contributed by atoms with Crippen molar-refractivity contribution in [3.63, 3.8) is 0 Å². The number of ether oxygens (including phenoxy) is 1. The first kappa shape index (κ1) is 7.54. The molecule has 62 valence electrons. The summed E-state index contributed by atoms with van der Waals surface area (Å²) in [4.78, 5) is 4.19. The lowest BCUT2D eigenvalue weighted by atomic mass is 10.4. The van der Waals surface area contributed by atoms with E-state index in [0.29, 0.717) is 5.88 Å². The molecule has 0 fully saturated rings. The first-order valence-electron chi connectivity index (χ1n) is 3.36. The van der Waals surface area contributed by atoms with Crippen LogP contribution in [0.25, 0.3) is 11.0 Å². The van der Waals surface area contributed by atoms with Gasteiger partial charge in [0.15, 0.2) is 0 Å². The summed E-state index contributed by atoms with van der Waals surface area (Å²) in [5.74, 6) is 0.588. The molecule has 0 saturated carbocycles. The minimum atomic E-state index is 0.588. The number of hydrogen-bond donors (Lipinski definition) is 1. The minimum absolute atomic E-state index is 0.588. The average Bonchev–Trinajstić information content (AvgIpc) is 2.47. The molecule has 2 aromatic heterocycles. The molecule has 5 heteroatoms. The van der Waals surface area contributed by atoms with Gasteiger partial charge in [-0.2, -0.15) is 5.10 Å². The van der Waals surface area contributed by atoms with Crippen LogP contribution in [0.15, 0.2) is 16.7 Å². The van der Waals surface area contributed by atoms with Gasteiger partial charge in [0, 0.05) is 6.07 Å². The van der Waals surface area contributed by atoms with Crippen LogP contribution in [0, 0.1) is 0 Å². The molecule has 2 heterocycles. The number of rotatable bonds is 1. The first-order valence-corrected chi connectivity index (χ1v) is 4.15. The molecule has 1 N–H and O–H groups in total. The van der Waals surface area contributed by atoms with Crippen LogP contribution in [0.2, 0.25) is 0 Å². The van der Waals surface area contributed by atoms with Crippen LogP contribution >= 0.6 is 15.9 Å². The highest BCUT2D eigenvalue weighted by Gasteiger charge is 2.04. The molecular weight excluding hydrogens is 222 g/mol. The highest BCUT2D eigenvalue weighted by molar-refractivity contribution is 9.10. The molecule has 12 heavy (non-hydrogen) atoms. The Morgan fingerprint density at radius 1 is 1.50 bits per heavy atom. The van der Waals surface area contributed by atoms with E-state index in [1.807, 2.05) is 6.07 Å². The van der Waals surface area contributed by atoms with Crippen LogP contribution in [-0.4, -0.2) is 22.3 Å². The van der Waals surface area contributed by atoms with Gasteiger partial charge >= 0.3 is 0 Å². The maximum Gasteiger partial charge on any atom is 0.213 e. The molecule has 0 aliphatic rings. The average molecular weight is 228 g/mol. The van der Waals surface area contributed by atoms with Crippen molar-refractivity contribution in [2.24, 2.45) is 0 Å². The van der Waals surface area contributed by atoms with Crippen molar-refractivity contribution >= 4 is 27.0 Å². The van der Waals surface area contributed by atoms with Crippen molar-refractivity contribution in [1.82, 2.24) is 15.2 Å². The highest BCUT2D eigenvalue weighted by Crippen LogP contribution is 2.20. The molecule has 0 atom stereocenters. The molecule has 0 saturated heterocycles. The van der Waals surface area contributed by atoms with Gasteiger partial charge in [0.1, 0.15) is 15.6 Å². The van der Waals surface area contributed by atoms with Gasteiger partial charge in [0.2, 0.25) is 5.88 Å². The number of aromatic amines is 1. The quantitative estimate of drug-likeness (QED) is 0.808. The van der Waals surface area contributed by atoms with E-state index in [1.165, 1.54) is 0 Å². The minimum Gasteiger partial charge on any atom is -0.481 e. The number of halogens is 1. The second kappa shape index (κ2) is 2.75. The van der Waals surface area contributed by atoms with E-state index in [4.69, 9.17) is 4.74 Å². The van der Waals surface area contributed by atoms with Crippen molar-refractivity contribution in [3.05, 3.63) is 16.7 Å². The number of H-pyrrole nitrogens is 1. The van der Waals surface area contributed by atoms with Crippen LogP contribution in [0.3, 0.4) is 0 Å². The topological polar surface area (TPSA) is 50.8 Å². The molecule has 0 amide bonds. The fraction of sp³-hybridized carbons (Fsp3) is 0.143. The van der Waals surface area contributed by atoms with Crippen molar-refractivity contribution in [1.29, 1.82) is 0 Å². The van der Waals surface area contributed by atoms with E-state index in [0.717, 1.165) is 15.6 Å². The summed E-state index contributed by atoms with van der Waals surface area (Å²) < 4.78 is 5.75. The Kier molecular flexibility index (Phi) is 1.73. The Morgan fingerprint density at radius 2 is 2.33 bits per heavy atom. The predicted molar refractivity (Wildman–Crippen MR) is 48.1 cm³/mol. The number of nitrogens with one attached hydrogen (secondary N) is 1. The lowest BCUT2D eigenvalue weighted by Crippen LogP contribution is -1.86. The SMILES string of the molecule is COc1ccc2n[nH]c(Br)c2n1. The summed E-state index contributed by atoms with van der Waals surface area (Å²) in [6.07, 6.45) is 0. The molecule has 0 aromatic carbocycles. The summed E-state index contributed by atoms with van der Waals surface area (Å²) in [6, 6.07) is 3.62. The summed E-state index contributed by atoms with van der Waals surface area (Å²) in [7, 11) is 1.59. The number of pyridine rings is 1. The van der Waals surface area contributed by atoms with Gasteiger partial charge in [-0.25, -0.2) is 4.98 Å². The zero-order chi connectivity index (χ0) is 8.55. The van der Waals surface area contributed by atoms with Crippen LogP contribution in [0.1, 0.15) is 0 Å². The number of methoxy groups -OCH3 is 1. The third-order valence-corrected chi connectivity index (χ3v) is 2.09. The summed E-state index contributed by atoms with van der Waals surface area (Å²) in [5, 5.41) is 6.78. The normalized spacial score (nSPS) is 10.5. The second-order valence-corrected chi connectivity index (χ2v) is 3.05. The Morgan fingerprint density at radius 3 is 3.08 bits per heavy atom. The monoisotopic (exact) mass is 227 g/mol. The van der Waals surface area contributed by atoms with Gasteiger partial charge < -0.3 is 4.74 Å². The van der Waals surface area contributed by atoms with Crippen LogP contribution in [0.5, 0.6) is 5.88 Å². The Labute approximate surface area is 77.1 Å². The molecule has 0 bridgehead atoms. The van der Waals surface area contributed by atoms with E-state index in [1.54, 1.807) is 13.2 Å². The highest BCUT2D eigenvalue weighted by atomic mass is 79.9. The van der Waals surface area contributed by atoms with E-state index >= 15 is 0 Å². The van der Waals surface area contributed by atoms with Crippen LogP contribution in [0.4, 0.5) is 0 Å². The summed E-state index contributed by atoms with van der Waals surface area (Å²) >= 11 is 3.29. The van der Waals surface area contributed by atoms with Crippen molar-refractivity contribution in [2.75, 3.05) is 7.11 Å². The van der Waals surface area contributed by atoms with Gasteiger partial charge in [0.05, 0.1) is 7.11 Å². The molecular formula is C7H6BrN3O. The van der Waals surface area contributed by atoms with Gasteiger partial charge in [0.25, 0.3) is 0 Å². The lowest BCUT2D eigenvalue weighted by molar-refractivity contribution is 0.399. The molecule has 2 rings (SSSR count). The number of nitrogens with zero attached hydrogens (tertiary/aromatic N) is 2. The fourth-order valence-electron chi connectivity index (χ4n) is 0.962. The predicted octanol–water partition coefficient (Wildman–Crippen LogP) is 1.73. The molecule has 0 aliphatic carbocycles. The van der Waals surface area contributed by atoms with Crippen molar-refractivity contribution < 1.29 is 4.74 Å². The Bertz CT molecular complexity index is 412. The molecule has 0 spiro atoms. The van der Waals surface area contributed by atoms with Crippen molar-refractivity contribution in [2.45, 2.75) is 0 Å². The van der Waals surface area contributed by atoms with E-state index in [9.17, 15) is 0 Å². The molecule has 2 aromatic rings. The van der Waals surface area contributed by atoms with E-state index in [2.05, 4.69) is 31.1 Å². The molecule has 0 unspecified atom stereocenters. The standard InChI is InChI=1S/C7H6BrN3O/c1-12-5-3-2-4-6(9-5)7(8)11-10-4/h2-3H,1H3,(H,10,11). The maximum absolute atomic E-state index is 4.97. The Balaban J connectivity index is 2.71. The third-order valence-electron chi connectivity index (χ3n) is 1.54. The van der Waals surface area contributed by atoms with Crippen LogP contribution < -0.4 is 4.74 Å². The third kappa shape index (κ3) is 1.06. The summed E-state index contributed by atoms with van der Waals surface area (Å²) in [6.45, 7) is 0. The second-order valence-electron chi connectivity index (χ2n) is 2.26. The fourth-order valence-corrected chi connectivity index (χ4v) is 1.34. The Hall–Kier alpha value is -1.10.